The molecule has 1 heterocycles. The van der Waals surface area contributed by atoms with Crippen LogP contribution in [0.15, 0.2) is 54.1 Å². The van der Waals surface area contributed by atoms with E-state index in [4.69, 9.17) is 4.74 Å². The largest absolute Gasteiger partial charge is 0.456 e. The highest BCUT2D eigenvalue weighted by atomic mass is 19.3. The van der Waals surface area contributed by atoms with Crippen LogP contribution in [-0.2, 0) is 9.53 Å². The predicted molar refractivity (Wildman–Crippen MR) is 96.9 cm³/mol. The van der Waals surface area contributed by atoms with Gasteiger partial charge in [-0.2, -0.15) is 0 Å². The molecule has 0 amide bonds. The smallest absolute Gasteiger partial charge is 0.328 e. The van der Waals surface area contributed by atoms with E-state index in [1.54, 1.807) is 0 Å². The van der Waals surface area contributed by atoms with E-state index in [0.29, 0.717) is 0 Å². The molecule has 2 unspecified atom stereocenters. The molecular weight excluding hydrogens is 336 g/mol. The van der Waals surface area contributed by atoms with Crippen LogP contribution in [0.3, 0.4) is 0 Å². The Labute approximate surface area is 153 Å². The molecule has 26 heavy (non-hydrogen) atoms. The van der Waals surface area contributed by atoms with Crippen molar-refractivity contribution >= 4 is 5.97 Å². The van der Waals surface area contributed by atoms with Crippen molar-refractivity contribution in [2.45, 2.75) is 50.7 Å². The first kappa shape index (κ1) is 18.8. The van der Waals surface area contributed by atoms with Crippen molar-refractivity contribution in [1.82, 2.24) is 4.90 Å². The number of piperidine rings is 1. The molecule has 0 N–H and O–H groups in total. The number of halogens is 2. The molecule has 0 bridgehead atoms. The Morgan fingerprint density at radius 1 is 1.15 bits per heavy atom. The normalized spacial score (nSPS) is 22.3. The molecule has 3 rings (SSSR count). The summed E-state index contributed by atoms with van der Waals surface area (Å²) < 4.78 is 32.8. The Morgan fingerprint density at radius 2 is 1.85 bits per heavy atom. The molecule has 1 aliphatic carbocycles. The highest BCUT2D eigenvalue weighted by Crippen LogP contribution is 2.31. The lowest BCUT2D eigenvalue weighted by atomic mass is 9.96. The fourth-order valence-electron chi connectivity index (χ4n) is 3.47. The molecule has 140 valence electrons. The van der Waals surface area contributed by atoms with E-state index < -0.39 is 12.0 Å². The van der Waals surface area contributed by atoms with Gasteiger partial charge < -0.3 is 4.74 Å². The van der Waals surface area contributed by atoms with E-state index in [0.717, 1.165) is 24.0 Å². The number of likely N-dealkylation sites (tertiary alicyclic amines) is 1. The summed E-state index contributed by atoms with van der Waals surface area (Å²) >= 11 is 0. The second-order valence-electron chi connectivity index (χ2n) is 6.97. The second kappa shape index (κ2) is 8.12. The first-order chi connectivity index (χ1) is 12.5. The van der Waals surface area contributed by atoms with E-state index in [1.807, 2.05) is 60.4 Å². The predicted octanol–water partition coefficient (Wildman–Crippen LogP) is 4.67. The van der Waals surface area contributed by atoms with Gasteiger partial charge in [-0.3, -0.25) is 4.90 Å². The molecule has 1 fully saturated rings. The van der Waals surface area contributed by atoms with Crippen LogP contribution < -0.4 is 0 Å². The summed E-state index contributed by atoms with van der Waals surface area (Å²) in [5.74, 6) is -3.01. The van der Waals surface area contributed by atoms with Gasteiger partial charge in [0, 0.05) is 25.9 Å². The third-order valence-electron chi connectivity index (χ3n) is 5.02. The van der Waals surface area contributed by atoms with Gasteiger partial charge in [0.2, 0.25) is 0 Å². The number of rotatable bonds is 5. The molecular formula is C21H25F2NO2. The number of carbonyl (C=O) groups is 1. The minimum Gasteiger partial charge on any atom is -0.456 e. The molecule has 2 atom stereocenters. The van der Waals surface area contributed by atoms with Gasteiger partial charge in [0.15, 0.2) is 0 Å². The third-order valence-corrected chi connectivity index (χ3v) is 5.02. The van der Waals surface area contributed by atoms with Crippen LogP contribution in [0.5, 0.6) is 0 Å². The number of hydrogen-bond acceptors (Lipinski definition) is 3. The van der Waals surface area contributed by atoms with Gasteiger partial charge in [0.1, 0.15) is 12.1 Å². The van der Waals surface area contributed by atoms with Gasteiger partial charge >= 0.3 is 5.97 Å². The van der Waals surface area contributed by atoms with Crippen LogP contribution in [0.2, 0.25) is 0 Å². The van der Waals surface area contributed by atoms with Crippen LogP contribution in [0.4, 0.5) is 8.78 Å². The number of nitrogens with zero attached hydrogens (tertiary/aromatic N) is 1. The highest BCUT2D eigenvalue weighted by Gasteiger charge is 2.40. The topological polar surface area (TPSA) is 29.5 Å². The maximum atomic E-state index is 13.5. The van der Waals surface area contributed by atoms with Crippen molar-refractivity contribution < 1.29 is 18.3 Å². The minimum absolute atomic E-state index is 0.192. The Morgan fingerprint density at radius 3 is 2.46 bits per heavy atom. The van der Waals surface area contributed by atoms with Crippen molar-refractivity contribution in [3.05, 3.63) is 59.7 Å². The molecule has 0 radical (unpaired) electrons. The average Bonchev–Trinajstić information content (AvgIpc) is 2.65. The summed E-state index contributed by atoms with van der Waals surface area (Å²) in [6.07, 6.45) is 6.93. The van der Waals surface area contributed by atoms with Gasteiger partial charge in [-0.05, 0) is 30.9 Å². The van der Waals surface area contributed by atoms with E-state index in [-0.39, 0.29) is 38.0 Å². The lowest BCUT2D eigenvalue weighted by Gasteiger charge is -2.37. The summed E-state index contributed by atoms with van der Waals surface area (Å²) in [5, 5.41) is 0. The number of hydrogen-bond donors (Lipinski definition) is 0. The lowest BCUT2D eigenvalue weighted by Crippen LogP contribution is -2.49. The zero-order valence-electron chi connectivity index (χ0n) is 15.0. The number of alkyl halides is 2. The first-order valence-electron chi connectivity index (χ1n) is 9.20. The highest BCUT2D eigenvalue weighted by molar-refractivity contribution is 5.81. The molecule has 0 saturated carbocycles. The Balaban J connectivity index is 1.75. The molecule has 0 aromatic heterocycles. The SMILES string of the molecule is CC(OC(=O)C(C1=CCCC=C1)N1CCC(F)(F)CC1)c1ccccc1. The number of benzene rings is 1. The Hall–Kier alpha value is -2.01. The van der Waals surface area contributed by atoms with Crippen LogP contribution in [0, 0.1) is 0 Å². The first-order valence-corrected chi connectivity index (χ1v) is 9.20. The number of ether oxygens (including phenoxy) is 1. The van der Waals surface area contributed by atoms with Crippen LogP contribution in [-0.4, -0.2) is 35.9 Å². The summed E-state index contributed by atoms with van der Waals surface area (Å²) in [7, 11) is 0. The Bertz CT molecular complexity index is 675. The minimum atomic E-state index is -2.64. The third kappa shape index (κ3) is 4.58. The fourth-order valence-corrected chi connectivity index (χ4v) is 3.47. The fraction of sp³-hybridized carbons (Fsp3) is 0.476. The van der Waals surface area contributed by atoms with Gasteiger partial charge in [0.05, 0.1) is 0 Å². The lowest BCUT2D eigenvalue weighted by molar-refractivity contribution is -0.156. The van der Waals surface area contributed by atoms with Crippen molar-refractivity contribution in [1.29, 1.82) is 0 Å². The maximum Gasteiger partial charge on any atom is 0.328 e. The van der Waals surface area contributed by atoms with Crippen LogP contribution in [0.1, 0.15) is 44.3 Å². The zero-order valence-corrected chi connectivity index (χ0v) is 15.0. The van der Waals surface area contributed by atoms with Gasteiger partial charge in [-0.15, -0.1) is 0 Å². The summed E-state index contributed by atoms with van der Waals surface area (Å²) in [4.78, 5) is 14.8. The zero-order chi connectivity index (χ0) is 18.6. The van der Waals surface area contributed by atoms with Crippen LogP contribution >= 0.6 is 0 Å². The van der Waals surface area contributed by atoms with E-state index in [2.05, 4.69) is 0 Å². The van der Waals surface area contributed by atoms with Gasteiger partial charge in [0.25, 0.3) is 5.92 Å². The quantitative estimate of drug-likeness (QED) is 0.714. The molecule has 1 aromatic rings. The summed E-state index contributed by atoms with van der Waals surface area (Å²) in [6, 6.07) is 8.91. The van der Waals surface area contributed by atoms with Crippen molar-refractivity contribution in [2.24, 2.45) is 0 Å². The number of allylic oxidation sites excluding steroid dienone is 2. The van der Waals surface area contributed by atoms with Crippen LogP contribution in [0.25, 0.3) is 0 Å². The number of esters is 1. The van der Waals surface area contributed by atoms with Gasteiger partial charge in [-0.1, -0.05) is 48.6 Å². The van der Waals surface area contributed by atoms with Crippen molar-refractivity contribution in [3.8, 4) is 0 Å². The van der Waals surface area contributed by atoms with Crippen molar-refractivity contribution in [3.63, 3.8) is 0 Å². The van der Waals surface area contributed by atoms with E-state index in [9.17, 15) is 13.6 Å². The molecule has 2 aliphatic rings. The average molecular weight is 361 g/mol. The molecule has 1 saturated heterocycles. The molecule has 1 aromatic carbocycles. The molecule has 1 aliphatic heterocycles. The molecule has 0 spiro atoms. The maximum absolute atomic E-state index is 13.5. The summed E-state index contributed by atoms with van der Waals surface area (Å²) in [5.41, 5.74) is 1.77. The Kier molecular flexibility index (Phi) is 5.87. The second-order valence-corrected chi connectivity index (χ2v) is 6.97. The standard InChI is InChI=1S/C21H25F2NO2/c1-16(17-8-4-2-5-9-17)26-20(25)19(18-10-6-3-7-11-18)24-14-12-21(22,23)13-15-24/h2,4-6,8-11,16,19H,3,7,12-15H2,1H3. The monoisotopic (exact) mass is 361 g/mol. The molecule has 3 nitrogen and oxygen atoms in total. The summed E-state index contributed by atoms with van der Waals surface area (Å²) in [6.45, 7) is 2.22. The van der Waals surface area contributed by atoms with E-state index in [1.165, 1.54) is 0 Å². The van der Waals surface area contributed by atoms with Gasteiger partial charge in [-0.25, -0.2) is 13.6 Å². The molecule has 5 heteroatoms. The number of carbonyl (C=O) groups excluding carboxylic acids is 1. The van der Waals surface area contributed by atoms with E-state index >= 15 is 0 Å². The van der Waals surface area contributed by atoms with Crippen molar-refractivity contribution in [2.75, 3.05) is 13.1 Å².